The molecule has 0 amide bonds. The molecule has 0 aromatic carbocycles. The summed E-state index contributed by atoms with van der Waals surface area (Å²) in [5.74, 6) is 0. The molecule has 0 bridgehead atoms. The van der Waals surface area contributed by atoms with Crippen molar-refractivity contribution in [1.29, 1.82) is 0 Å². The summed E-state index contributed by atoms with van der Waals surface area (Å²) in [6.45, 7) is 0. The molecule has 0 heterocycles. The molecule has 0 aromatic heterocycles. The van der Waals surface area contributed by atoms with Crippen molar-refractivity contribution in [2.24, 2.45) is 0 Å². The van der Waals surface area contributed by atoms with Crippen molar-refractivity contribution in [2.75, 3.05) is 4.61 Å². The summed E-state index contributed by atoms with van der Waals surface area (Å²) in [6.07, 6.45) is 0. The Balaban J connectivity index is 2.83. The van der Waals surface area contributed by atoms with E-state index in [9.17, 15) is 10.1 Å². The minimum Gasteiger partial charge on any atom is -0.303 e. The van der Waals surface area contributed by atoms with Gasteiger partial charge in [0.25, 0.3) is 5.09 Å². The average molecular weight is 203 g/mol. The molecule has 0 fully saturated rings. The van der Waals surface area contributed by atoms with Gasteiger partial charge in [0.2, 0.25) is 0 Å². The van der Waals surface area contributed by atoms with Gasteiger partial charge in [0.1, 0.15) is 4.61 Å². The smallest absolute Gasteiger partial charge is 0.295 e. The minimum atomic E-state index is -0.827. The van der Waals surface area contributed by atoms with Gasteiger partial charge in [0.05, 0.1) is 0 Å². The Labute approximate surface area is 47.7 Å². The van der Waals surface area contributed by atoms with Crippen LogP contribution in [0.4, 0.5) is 0 Å². The van der Waals surface area contributed by atoms with E-state index in [2.05, 4.69) is 4.84 Å². The normalized spacial score (nSPS) is 7.50. The van der Waals surface area contributed by atoms with E-state index >= 15 is 0 Å². The molecule has 0 N–H and O–H groups in total. The van der Waals surface area contributed by atoms with E-state index in [0.717, 1.165) is 0 Å². The molecule has 5 heteroatoms. The lowest BCUT2D eigenvalue weighted by atomic mass is 11.7. The van der Waals surface area contributed by atoms with Gasteiger partial charge in [0, 0.05) is 0 Å². The van der Waals surface area contributed by atoms with E-state index in [1.54, 1.807) is 22.6 Å². The fourth-order valence-electron chi connectivity index (χ4n) is 0.0398. The first-order valence-corrected chi connectivity index (χ1v) is 2.63. The molecule has 6 heavy (non-hydrogen) atoms. The van der Waals surface area contributed by atoms with Gasteiger partial charge in [0.15, 0.2) is 0 Å². The van der Waals surface area contributed by atoms with Crippen LogP contribution >= 0.6 is 22.6 Å². The first-order chi connectivity index (χ1) is 2.77. The molecule has 0 atom stereocenters. The van der Waals surface area contributed by atoms with Crippen molar-refractivity contribution >= 4 is 22.6 Å². The van der Waals surface area contributed by atoms with Crippen LogP contribution in [0.1, 0.15) is 0 Å². The second-order valence-electron chi connectivity index (χ2n) is 0.462. The van der Waals surface area contributed by atoms with Crippen LogP contribution in [0.2, 0.25) is 0 Å². The largest absolute Gasteiger partial charge is 0.303 e. The Morgan fingerprint density at radius 1 is 2.00 bits per heavy atom. The second-order valence-corrected chi connectivity index (χ2v) is 1.08. The Bertz CT molecular complexity index is 54.8. The maximum absolute atomic E-state index is 9.18. The highest BCUT2D eigenvalue weighted by Gasteiger charge is 1.84. The number of alkyl halides is 1. The molecule has 0 aliphatic carbocycles. The van der Waals surface area contributed by atoms with Gasteiger partial charge in [-0.2, -0.15) is 0 Å². The molecule has 0 aliphatic rings. The molecule has 0 unspecified atom stereocenters. The highest BCUT2D eigenvalue weighted by molar-refractivity contribution is 14.1. The minimum absolute atomic E-state index is 0.102. The Kier molecular flexibility index (Phi) is 3.10. The van der Waals surface area contributed by atoms with Crippen LogP contribution in [0.5, 0.6) is 0 Å². The van der Waals surface area contributed by atoms with Crippen molar-refractivity contribution in [3.05, 3.63) is 10.1 Å². The van der Waals surface area contributed by atoms with Crippen LogP contribution in [-0.2, 0) is 4.84 Å². The highest BCUT2D eigenvalue weighted by Crippen LogP contribution is 1.80. The molecule has 4 nitrogen and oxygen atoms in total. The lowest BCUT2D eigenvalue weighted by molar-refractivity contribution is -0.751. The van der Waals surface area contributed by atoms with Gasteiger partial charge in [-0.05, 0) is 0 Å². The van der Waals surface area contributed by atoms with E-state index in [1.807, 2.05) is 0 Å². The topological polar surface area (TPSA) is 52.4 Å². The number of rotatable bonds is 2. The Hall–Kier alpha value is -0.0700. The van der Waals surface area contributed by atoms with Crippen molar-refractivity contribution < 1.29 is 9.92 Å². The predicted octanol–water partition coefficient (Wildman–Crippen LogP) is 0.587. The van der Waals surface area contributed by atoms with E-state index in [0.29, 0.717) is 0 Å². The van der Waals surface area contributed by atoms with Crippen molar-refractivity contribution in [1.82, 2.24) is 0 Å². The van der Waals surface area contributed by atoms with Crippen LogP contribution in [0.25, 0.3) is 0 Å². The summed E-state index contributed by atoms with van der Waals surface area (Å²) in [5, 5.41) is 8.35. The first-order valence-electron chi connectivity index (χ1n) is 1.10. The molecule has 0 rings (SSSR count). The molecule has 0 saturated heterocycles. The molecule has 0 aliphatic heterocycles. The number of hydrogen-bond acceptors (Lipinski definition) is 3. The Morgan fingerprint density at radius 3 is 2.50 bits per heavy atom. The number of hydrogen-bond donors (Lipinski definition) is 0. The SMILES string of the molecule is O=[N+]([O-])OCI. The fraction of sp³-hybridized carbons (Fsp3) is 1.00. The standard InChI is InChI=1S/CH2INO3/c2-1-6-3(4)5/h1H2. The van der Waals surface area contributed by atoms with Crippen LogP contribution in [0.15, 0.2) is 0 Å². The van der Waals surface area contributed by atoms with Crippen molar-refractivity contribution in [3.8, 4) is 0 Å². The molecular formula is CH2INO3. The molecule has 0 radical (unpaired) electrons. The van der Waals surface area contributed by atoms with E-state index in [1.165, 1.54) is 0 Å². The number of halogens is 1. The lowest BCUT2D eigenvalue weighted by Crippen LogP contribution is -1.95. The van der Waals surface area contributed by atoms with Crippen LogP contribution in [-0.4, -0.2) is 9.70 Å². The summed E-state index contributed by atoms with van der Waals surface area (Å²) in [4.78, 5) is 12.9. The third-order valence-corrected chi connectivity index (χ3v) is 0.433. The average Bonchev–Trinajstić information content (AvgIpc) is 1.35. The third-order valence-electron chi connectivity index (χ3n) is 0.154. The quantitative estimate of drug-likeness (QED) is 0.285. The molecule has 0 spiro atoms. The maximum atomic E-state index is 9.18. The van der Waals surface area contributed by atoms with Gasteiger partial charge in [-0.3, -0.25) is 0 Å². The monoisotopic (exact) mass is 203 g/mol. The van der Waals surface area contributed by atoms with Gasteiger partial charge < -0.3 is 4.84 Å². The third kappa shape index (κ3) is 3.93. The summed E-state index contributed by atoms with van der Waals surface area (Å²) in [5.41, 5.74) is 0. The second kappa shape index (κ2) is 3.13. The summed E-state index contributed by atoms with van der Waals surface area (Å²) in [6, 6.07) is 0. The fourth-order valence-corrected chi connectivity index (χ4v) is 0.267. The van der Waals surface area contributed by atoms with Gasteiger partial charge in [-0.25, -0.2) is 0 Å². The predicted molar refractivity (Wildman–Crippen MR) is 27.0 cm³/mol. The molecule has 36 valence electrons. The van der Waals surface area contributed by atoms with Gasteiger partial charge in [-0.15, -0.1) is 10.1 Å². The van der Waals surface area contributed by atoms with Crippen molar-refractivity contribution in [2.45, 2.75) is 0 Å². The zero-order valence-electron chi connectivity index (χ0n) is 2.76. The number of nitrogens with zero attached hydrogens (tertiary/aromatic N) is 1. The maximum Gasteiger partial charge on any atom is 0.295 e. The van der Waals surface area contributed by atoms with Crippen LogP contribution in [0, 0.1) is 10.1 Å². The van der Waals surface area contributed by atoms with E-state index in [4.69, 9.17) is 0 Å². The first kappa shape index (κ1) is 5.93. The van der Waals surface area contributed by atoms with Crippen molar-refractivity contribution in [3.63, 3.8) is 0 Å². The van der Waals surface area contributed by atoms with E-state index < -0.39 is 5.09 Å². The van der Waals surface area contributed by atoms with Crippen LogP contribution in [0.3, 0.4) is 0 Å². The summed E-state index contributed by atoms with van der Waals surface area (Å²) in [7, 11) is 0. The van der Waals surface area contributed by atoms with Crippen LogP contribution < -0.4 is 0 Å². The highest BCUT2D eigenvalue weighted by atomic mass is 127. The lowest BCUT2D eigenvalue weighted by Gasteiger charge is -1.82. The molecule has 0 saturated carbocycles. The Morgan fingerprint density at radius 2 is 2.50 bits per heavy atom. The molecule has 0 aromatic rings. The van der Waals surface area contributed by atoms with Gasteiger partial charge in [-0.1, -0.05) is 22.6 Å². The summed E-state index contributed by atoms with van der Waals surface area (Å²) >= 11 is 1.74. The molecular weight excluding hydrogens is 201 g/mol. The zero-order chi connectivity index (χ0) is 4.99. The van der Waals surface area contributed by atoms with Gasteiger partial charge >= 0.3 is 0 Å². The van der Waals surface area contributed by atoms with E-state index in [-0.39, 0.29) is 4.61 Å². The zero-order valence-corrected chi connectivity index (χ0v) is 4.91. The summed E-state index contributed by atoms with van der Waals surface area (Å²) < 4.78 is 0.102.